The summed E-state index contributed by atoms with van der Waals surface area (Å²) in [6, 6.07) is 4.97. The molecule has 0 bridgehead atoms. The normalized spacial score (nSPS) is 12.1. The van der Waals surface area contributed by atoms with Gasteiger partial charge in [-0.15, -0.1) is 0 Å². The predicted octanol–water partition coefficient (Wildman–Crippen LogP) is 1.54. The summed E-state index contributed by atoms with van der Waals surface area (Å²) in [6.45, 7) is 3.91. The van der Waals surface area contributed by atoms with E-state index in [1.165, 1.54) is 0 Å². The SMILES string of the molecule is CCC(C)Oc1c(N)cccc1C(N)=O. The highest BCUT2D eigenvalue weighted by Gasteiger charge is 2.14. The molecule has 1 atom stereocenters. The molecule has 4 N–H and O–H groups in total. The first-order valence-electron chi connectivity index (χ1n) is 4.91. The van der Waals surface area contributed by atoms with E-state index in [9.17, 15) is 4.79 Å². The minimum Gasteiger partial charge on any atom is -0.488 e. The van der Waals surface area contributed by atoms with Crippen molar-refractivity contribution in [2.75, 3.05) is 5.73 Å². The van der Waals surface area contributed by atoms with E-state index in [-0.39, 0.29) is 6.10 Å². The Morgan fingerprint density at radius 1 is 1.53 bits per heavy atom. The molecule has 0 saturated carbocycles. The molecule has 1 unspecified atom stereocenters. The second kappa shape index (κ2) is 4.68. The summed E-state index contributed by atoms with van der Waals surface area (Å²) >= 11 is 0. The number of hydrogen-bond donors (Lipinski definition) is 2. The lowest BCUT2D eigenvalue weighted by Crippen LogP contribution is -2.17. The summed E-state index contributed by atoms with van der Waals surface area (Å²) in [7, 11) is 0. The monoisotopic (exact) mass is 208 g/mol. The van der Waals surface area contributed by atoms with Gasteiger partial charge in [-0.2, -0.15) is 0 Å². The van der Waals surface area contributed by atoms with Crippen LogP contribution in [0.2, 0.25) is 0 Å². The number of carbonyl (C=O) groups excluding carboxylic acids is 1. The van der Waals surface area contributed by atoms with E-state index in [1.54, 1.807) is 18.2 Å². The van der Waals surface area contributed by atoms with Crippen LogP contribution in [0.25, 0.3) is 0 Å². The second-order valence-corrected chi connectivity index (χ2v) is 3.42. The first kappa shape index (κ1) is 11.4. The van der Waals surface area contributed by atoms with E-state index in [1.807, 2.05) is 13.8 Å². The van der Waals surface area contributed by atoms with Crippen LogP contribution in [0.4, 0.5) is 5.69 Å². The van der Waals surface area contributed by atoms with Crippen LogP contribution < -0.4 is 16.2 Å². The van der Waals surface area contributed by atoms with Crippen LogP contribution in [0.3, 0.4) is 0 Å². The molecular formula is C11H16N2O2. The van der Waals surface area contributed by atoms with Crippen molar-refractivity contribution in [2.24, 2.45) is 5.73 Å². The zero-order chi connectivity index (χ0) is 11.4. The van der Waals surface area contributed by atoms with E-state index in [4.69, 9.17) is 16.2 Å². The number of rotatable bonds is 4. The van der Waals surface area contributed by atoms with E-state index < -0.39 is 5.91 Å². The average Bonchev–Trinajstić information content (AvgIpc) is 2.20. The molecule has 0 spiro atoms. The van der Waals surface area contributed by atoms with Gasteiger partial charge in [0.2, 0.25) is 0 Å². The Morgan fingerprint density at radius 3 is 2.73 bits per heavy atom. The first-order valence-corrected chi connectivity index (χ1v) is 4.91. The molecule has 0 aliphatic rings. The fourth-order valence-corrected chi connectivity index (χ4v) is 1.16. The molecule has 0 aliphatic heterocycles. The molecule has 1 amide bonds. The molecule has 0 fully saturated rings. The van der Waals surface area contributed by atoms with Gasteiger partial charge in [-0.3, -0.25) is 4.79 Å². The molecule has 0 heterocycles. The molecule has 1 aromatic carbocycles. The van der Waals surface area contributed by atoms with E-state index >= 15 is 0 Å². The van der Waals surface area contributed by atoms with Crippen molar-refractivity contribution in [3.63, 3.8) is 0 Å². The molecule has 4 nitrogen and oxygen atoms in total. The lowest BCUT2D eigenvalue weighted by Gasteiger charge is -2.16. The molecule has 0 aliphatic carbocycles. The maximum Gasteiger partial charge on any atom is 0.252 e. The molecule has 0 radical (unpaired) electrons. The smallest absolute Gasteiger partial charge is 0.252 e. The minimum atomic E-state index is -0.527. The quantitative estimate of drug-likeness (QED) is 0.737. The van der Waals surface area contributed by atoms with Crippen LogP contribution >= 0.6 is 0 Å². The van der Waals surface area contributed by atoms with E-state index in [2.05, 4.69) is 0 Å². The summed E-state index contributed by atoms with van der Waals surface area (Å²) in [6.07, 6.45) is 0.847. The Kier molecular flexibility index (Phi) is 3.55. The Hall–Kier alpha value is -1.71. The number of carbonyl (C=O) groups is 1. The van der Waals surface area contributed by atoms with Crippen LogP contribution in [-0.2, 0) is 0 Å². The summed E-state index contributed by atoms with van der Waals surface area (Å²) < 4.78 is 5.56. The number of benzene rings is 1. The van der Waals surface area contributed by atoms with Gasteiger partial charge in [-0.1, -0.05) is 13.0 Å². The lowest BCUT2D eigenvalue weighted by atomic mass is 10.1. The maximum absolute atomic E-state index is 11.1. The van der Waals surface area contributed by atoms with Crippen molar-refractivity contribution >= 4 is 11.6 Å². The Bertz CT molecular complexity index is 364. The largest absolute Gasteiger partial charge is 0.488 e. The molecule has 1 aromatic rings. The van der Waals surface area contributed by atoms with Crippen LogP contribution in [0.1, 0.15) is 30.6 Å². The molecule has 4 heteroatoms. The van der Waals surface area contributed by atoms with E-state index in [0.29, 0.717) is 17.0 Å². The molecule has 0 saturated heterocycles. The van der Waals surface area contributed by atoms with Crippen LogP contribution in [0.15, 0.2) is 18.2 Å². The van der Waals surface area contributed by atoms with Crippen molar-refractivity contribution in [3.05, 3.63) is 23.8 Å². The Balaban J connectivity index is 3.07. The number of nitrogens with two attached hydrogens (primary N) is 2. The zero-order valence-electron chi connectivity index (χ0n) is 8.99. The van der Waals surface area contributed by atoms with E-state index in [0.717, 1.165) is 6.42 Å². The van der Waals surface area contributed by atoms with Gasteiger partial charge in [-0.05, 0) is 25.5 Å². The van der Waals surface area contributed by atoms with Gasteiger partial charge in [-0.25, -0.2) is 0 Å². The molecule has 0 aromatic heterocycles. The lowest BCUT2D eigenvalue weighted by molar-refractivity contribution is 0.0993. The standard InChI is InChI=1S/C11H16N2O2/c1-3-7(2)15-10-8(11(13)14)5-4-6-9(10)12/h4-7H,3,12H2,1-2H3,(H2,13,14). The summed E-state index contributed by atoms with van der Waals surface area (Å²) in [5, 5.41) is 0. The molecular weight excluding hydrogens is 192 g/mol. The number of nitrogen functional groups attached to an aromatic ring is 1. The van der Waals surface area contributed by atoms with Crippen molar-refractivity contribution in [2.45, 2.75) is 26.4 Å². The second-order valence-electron chi connectivity index (χ2n) is 3.42. The number of primary amides is 1. The number of amides is 1. The first-order chi connectivity index (χ1) is 7.06. The van der Waals surface area contributed by atoms with Gasteiger partial charge in [0.05, 0.1) is 17.4 Å². The molecule has 15 heavy (non-hydrogen) atoms. The predicted molar refractivity (Wildman–Crippen MR) is 59.8 cm³/mol. The molecule has 82 valence electrons. The van der Waals surface area contributed by atoms with Gasteiger partial charge in [0.15, 0.2) is 5.75 Å². The minimum absolute atomic E-state index is 0.00722. The fourth-order valence-electron chi connectivity index (χ4n) is 1.16. The van der Waals surface area contributed by atoms with Crippen molar-refractivity contribution in [1.29, 1.82) is 0 Å². The van der Waals surface area contributed by atoms with Gasteiger partial charge < -0.3 is 16.2 Å². The van der Waals surface area contributed by atoms with Gasteiger partial charge in [0.1, 0.15) is 0 Å². The number of anilines is 1. The average molecular weight is 208 g/mol. The fraction of sp³-hybridized carbons (Fsp3) is 0.364. The zero-order valence-corrected chi connectivity index (χ0v) is 8.99. The highest BCUT2D eigenvalue weighted by Crippen LogP contribution is 2.27. The van der Waals surface area contributed by atoms with Gasteiger partial charge >= 0.3 is 0 Å². The van der Waals surface area contributed by atoms with Crippen molar-refractivity contribution < 1.29 is 9.53 Å². The number of ether oxygens (including phenoxy) is 1. The third-order valence-corrected chi connectivity index (χ3v) is 2.20. The Labute approximate surface area is 89.2 Å². The van der Waals surface area contributed by atoms with Crippen LogP contribution in [0.5, 0.6) is 5.75 Å². The maximum atomic E-state index is 11.1. The van der Waals surface area contributed by atoms with Crippen LogP contribution in [0, 0.1) is 0 Å². The number of hydrogen-bond acceptors (Lipinski definition) is 3. The third-order valence-electron chi connectivity index (χ3n) is 2.20. The summed E-state index contributed by atoms with van der Waals surface area (Å²) in [5.41, 5.74) is 11.7. The van der Waals surface area contributed by atoms with Crippen molar-refractivity contribution in [3.8, 4) is 5.75 Å². The van der Waals surface area contributed by atoms with Gasteiger partial charge in [0.25, 0.3) is 5.91 Å². The third kappa shape index (κ3) is 2.62. The van der Waals surface area contributed by atoms with Crippen molar-refractivity contribution in [1.82, 2.24) is 0 Å². The highest BCUT2D eigenvalue weighted by atomic mass is 16.5. The Morgan fingerprint density at radius 2 is 2.20 bits per heavy atom. The topological polar surface area (TPSA) is 78.3 Å². The summed E-state index contributed by atoms with van der Waals surface area (Å²) in [5.74, 6) is -0.139. The highest BCUT2D eigenvalue weighted by molar-refractivity contribution is 5.97. The van der Waals surface area contributed by atoms with Crippen LogP contribution in [-0.4, -0.2) is 12.0 Å². The number of para-hydroxylation sites is 1. The molecule has 1 rings (SSSR count). The van der Waals surface area contributed by atoms with Gasteiger partial charge in [0, 0.05) is 0 Å². The summed E-state index contributed by atoms with van der Waals surface area (Å²) in [4.78, 5) is 11.1.